The summed E-state index contributed by atoms with van der Waals surface area (Å²) in [5, 5.41) is 5.07. The Balaban J connectivity index is 1.72. The minimum Gasteiger partial charge on any atom is -0.464 e. The van der Waals surface area contributed by atoms with Gasteiger partial charge in [0.15, 0.2) is 0 Å². The van der Waals surface area contributed by atoms with E-state index in [9.17, 15) is 19.2 Å². The van der Waals surface area contributed by atoms with Crippen LogP contribution in [0.4, 0.5) is 11.6 Å². The quantitative estimate of drug-likeness (QED) is 0.554. The van der Waals surface area contributed by atoms with Gasteiger partial charge in [0.25, 0.3) is 11.8 Å². The van der Waals surface area contributed by atoms with Crippen LogP contribution in [0.2, 0.25) is 0 Å². The van der Waals surface area contributed by atoms with Gasteiger partial charge in [-0.1, -0.05) is 18.2 Å². The van der Waals surface area contributed by atoms with Gasteiger partial charge >= 0.3 is 11.9 Å². The predicted octanol–water partition coefficient (Wildman–Crippen LogP) is 1.95. The van der Waals surface area contributed by atoms with E-state index < -0.39 is 23.8 Å². The van der Waals surface area contributed by atoms with Crippen molar-refractivity contribution in [2.75, 3.05) is 24.9 Å². The first-order chi connectivity index (χ1) is 15.4. The summed E-state index contributed by atoms with van der Waals surface area (Å²) >= 11 is 0. The number of anilines is 2. The van der Waals surface area contributed by atoms with Gasteiger partial charge in [0.05, 0.1) is 14.2 Å². The van der Waals surface area contributed by atoms with Crippen molar-refractivity contribution >= 4 is 35.4 Å². The number of pyridine rings is 3. The van der Waals surface area contributed by atoms with Crippen molar-refractivity contribution in [3.05, 3.63) is 77.4 Å². The molecule has 0 atom stereocenters. The molecule has 0 saturated heterocycles. The lowest BCUT2D eigenvalue weighted by atomic mass is 10.3. The Kier molecular flexibility index (Phi) is 6.81. The van der Waals surface area contributed by atoms with E-state index in [1.54, 1.807) is 6.07 Å². The monoisotopic (exact) mass is 435 g/mol. The van der Waals surface area contributed by atoms with Crippen molar-refractivity contribution in [1.82, 2.24) is 15.0 Å². The minimum atomic E-state index is -0.674. The fourth-order valence-electron chi connectivity index (χ4n) is 2.49. The predicted molar refractivity (Wildman–Crippen MR) is 111 cm³/mol. The number of ether oxygens (including phenoxy) is 2. The summed E-state index contributed by atoms with van der Waals surface area (Å²) < 4.78 is 9.18. The molecule has 2 amide bonds. The molecule has 0 bridgehead atoms. The van der Waals surface area contributed by atoms with Crippen molar-refractivity contribution in [3.63, 3.8) is 0 Å². The molecule has 0 aliphatic heterocycles. The highest BCUT2D eigenvalue weighted by Crippen LogP contribution is 2.12. The molecule has 0 aliphatic carbocycles. The van der Waals surface area contributed by atoms with Crippen molar-refractivity contribution in [2.45, 2.75) is 0 Å². The molecule has 3 rings (SSSR count). The fraction of sp³-hybridized carbons (Fsp3) is 0.0952. The molecule has 0 spiro atoms. The van der Waals surface area contributed by atoms with E-state index in [0.717, 1.165) is 0 Å². The summed E-state index contributed by atoms with van der Waals surface area (Å²) in [5.41, 5.74) is -0.0763. The van der Waals surface area contributed by atoms with Gasteiger partial charge in [0.1, 0.15) is 34.4 Å². The van der Waals surface area contributed by atoms with Gasteiger partial charge in [-0.05, 0) is 36.4 Å². The third-order valence-electron chi connectivity index (χ3n) is 3.98. The Morgan fingerprint density at radius 3 is 1.38 bits per heavy atom. The zero-order valence-corrected chi connectivity index (χ0v) is 17.0. The third-order valence-corrected chi connectivity index (χ3v) is 3.98. The van der Waals surface area contributed by atoms with Crippen LogP contribution >= 0.6 is 0 Å². The minimum absolute atomic E-state index is 0.0178. The first kappa shape index (κ1) is 22.0. The van der Waals surface area contributed by atoms with Crippen LogP contribution in [0.25, 0.3) is 0 Å². The van der Waals surface area contributed by atoms with E-state index in [2.05, 4.69) is 35.1 Å². The number of rotatable bonds is 6. The van der Waals surface area contributed by atoms with Crippen molar-refractivity contribution in [2.24, 2.45) is 0 Å². The van der Waals surface area contributed by atoms with Crippen LogP contribution in [-0.2, 0) is 9.47 Å². The summed E-state index contributed by atoms with van der Waals surface area (Å²) in [6, 6.07) is 13.2. The van der Waals surface area contributed by atoms with Crippen molar-refractivity contribution in [3.8, 4) is 0 Å². The number of nitrogens with one attached hydrogen (secondary N) is 2. The molecule has 3 heterocycles. The molecule has 11 nitrogen and oxygen atoms in total. The number of aromatic nitrogens is 3. The molecule has 0 aromatic carbocycles. The summed E-state index contributed by atoms with van der Waals surface area (Å²) in [6.07, 6.45) is 0. The number of carbonyl (C=O) groups excluding carboxylic acids is 4. The smallest absolute Gasteiger partial charge is 0.356 e. The number of nitrogens with zero attached hydrogens (tertiary/aromatic N) is 3. The zero-order valence-electron chi connectivity index (χ0n) is 17.0. The molecule has 32 heavy (non-hydrogen) atoms. The molecule has 11 heteroatoms. The summed E-state index contributed by atoms with van der Waals surface area (Å²) in [7, 11) is 2.42. The Morgan fingerprint density at radius 1 is 0.594 bits per heavy atom. The fourth-order valence-corrected chi connectivity index (χ4v) is 2.49. The number of methoxy groups -OCH3 is 2. The van der Waals surface area contributed by atoms with Gasteiger partial charge in [-0.2, -0.15) is 0 Å². The first-order valence-corrected chi connectivity index (χ1v) is 9.11. The number of esters is 2. The molecular weight excluding hydrogens is 418 g/mol. The van der Waals surface area contributed by atoms with E-state index in [1.807, 2.05) is 0 Å². The molecule has 0 unspecified atom stereocenters. The molecular formula is C21H17N5O6. The van der Waals surface area contributed by atoms with Crippen LogP contribution in [0.3, 0.4) is 0 Å². The second-order valence-corrected chi connectivity index (χ2v) is 6.12. The Hall–Kier alpha value is -4.67. The van der Waals surface area contributed by atoms with E-state index in [-0.39, 0.29) is 34.4 Å². The lowest BCUT2D eigenvalue weighted by molar-refractivity contribution is 0.0585. The van der Waals surface area contributed by atoms with Gasteiger partial charge in [0, 0.05) is 0 Å². The SMILES string of the molecule is COC(=O)c1cccc(C(=O)Nc2cccc(NC(=O)c3cccc(C(=O)OC)n3)n2)n1. The van der Waals surface area contributed by atoms with E-state index in [1.165, 1.54) is 62.8 Å². The molecule has 3 aromatic rings. The van der Waals surface area contributed by atoms with E-state index in [0.29, 0.717) is 0 Å². The normalized spacial score (nSPS) is 10.1. The molecule has 0 aliphatic rings. The molecule has 162 valence electrons. The average Bonchev–Trinajstić information content (AvgIpc) is 2.83. The highest BCUT2D eigenvalue weighted by Gasteiger charge is 2.15. The van der Waals surface area contributed by atoms with Crippen LogP contribution in [0.15, 0.2) is 54.6 Å². The molecule has 3 aromatic heterocycles. The maximum Gasteiger partial charge on any atom is 0.356 e. The highest BCUT2D eigenvalue weighted by atomic mass is 16.5. The van der Waals surface area contributed by atoms with E-state index in [4.69, 9.17) is 0 Å². The Labute approximate surface area is 181 Å². The maximum absolute atomic E-state index is 12.5. The Bertz CT molecular complexity index is 1110. The highest BCUT2D eigenvalue weighted by molar-refractivity contribution is 6.04. The molecule has 2 N–H and O–H groups in total. The second kappa shape index (κ2) is 9.89. The summed E-state index contributed by atoms with van der Waals surface area (Å²) in [4.78, 5) is 60.1. The number of carbonyl (C=O) groups is 4. The molecule has 0 fully saturated rings. The number of amides is 2. The van der Waals surface area contributed by atoms with Crippen molar-refractivity contribution < 1.29 is 28.7 Å². The van der Waals surface area contributed by atoms with Crippen LogP contribution < -0.4 is 10.6 Å². The maximum atomic E-state index is 12.5. The standard InChI is InChI=1S/C21H17N5O6/c1-31-20(29)14-8-3-6-12(22-14)18(27)25-16-10-5-11-17(24-16)26-19(28)13-7-4-9-15(23-13)21(30)32-2/h3-11H,1-2H3,(H2,24,25,26,27,28). The van der Waals surface area contributed by atoms with Gasteiger partial charge < -0.3 is 20.1 Å². The molecule has 0 radical (unpaired) electrons. The Morgan fingerprint density at radius 2 is 0.969 bits per heavy atom. The van der Waals surface area contributed by atoms with Gasteiger partial charge in [0.2, 0.25) is 0 Å². The average molecular weight is 435 g/mol. The van der Waals surface area contributed by atoms with Crippen LogP contribution in [0, 0.1) is 0 Å². The van der Waals surface area contributed by atoms with Crippen LogP contribution in [-0.4, -0.2) is 52.9 Å². The second-order valence-electron chi connectivity index (χ2n) is 6.12. The summed E-state index contributed by atoms with van der Waals surface area (Å²) in [6.45, 7) is 0. The van der Waals surface area contributed by atoms with Crippen LogP contribution in [0.5, 0.6) is 0 Å². The largest absolute Gasteiger partial charge is 0.464 e. The zero-order chi connectivity index (χ0) is 23.1. The number of hydrogen-bond acceptors (Lipinski definition) is 9. The summed E-state index contributed by atoms with van der Waals surface area (Å²) in [5.74, 6) is -2.30. The lowest BCUT2D eigenvalue weighted by Gasteiger charge is -2.08. The van der Waals surface area contributed by atoms with Gasteiger partial charge in [-0.15, -0.1) is 0 Å². The van der Waals surface area contributed by atoms with E-state index >= 15 is 0 Å². The topological polar surface area (TPSA) is 149 Å². The first-order valence-electron chi connectivity index (χ1n) is 9.11. The lowest BCUT2D eigenvalue weighted by Crippen LogP contribution is -2.18. The third kappa shape index (κ3) is 5.27. The van der Waals surface area contributed by atoms with Gasteiger partial charge in [-0.3, -0.25) is 9.59 Å². The van der Waals surface area contributed by atoms with Crippen LogP contribution in [0.1, 0.15) is 42.0 Å². The van der Waals surface area contributed by atoms with Crippen molar-refractivity contribution in [1.29, 1.82) is 0 Å². The number of hydrogen-bond donors (Lipinski definition) is 2. The molecule has 0 saturated carbocycles. The van der Waals surface area contributed by atoms with Gasteiger partial charge in [-0.25, -0.2) is 24.5 Å².